The number of hydrogen-bond acceptors (Lipinski definition) is 6. The second kappa shape index (κ2) is 5.79. The maximum Gasteiger partial charge on any atom is 0.188 e. The minimum Gasteiger partial charge on any atom is -0.507 e. The van der Waals surface area contributed by atoms with Crippen LogP contribution in [0, 0.1) is 0 Å². The van der Waals surface area contributed by atoms with Crippen molar-refractivity contribution in [3.05, 3.63) is 17.7 Å². The first-order valence-corrected chi connectivity index (χ1v) is 5.91. The summed E-state index contributed by atoms with van der Waals surface area (Å²) in [5.74, 6) is 1.05. The van der Waals surface area contributed by atoms with E-state index in [0.29, 0.717) is 29.2 Å². The predicted octanol–water partition coefficient (Wildman–Crippen LogP) is 1.90. The molecule has 0 saturated carbocycles. The Hall–Kier alpha value is -1.95. The summed E-state index contributed by atoms with van der Waals surface area (Å²) in [6, 6.07) is 3.21. The second-order valence-electron chi connectivity index (χ2n) is 4.22. The van der Waals surface area contributed by atoms with Crippen molar-refractivity contribution in [3.63, 3.8) is 0 Å². The van der Waals surface area contributed by atoms with Gasteiger partial charge in [0.05, 0.1) is 11.3 Å². The van der Waals surface area contributed by atoms with Crippen LogP contribution in [-0.4, -0.2) is 37.9 Å². The molecule has 0 spiro atoms. The van der Waals surface area contributed by atoms with Crippen LogP contribution in [0.25, 0.3) is 0 Å². The van der Waals surface area contributed by atoms with Crippen molar-refractivity contribution in [2.24, 2.45) is 5.16 Å². The van der Waals surface area contributed by atoms with Crippen molar-refractivity contribution in [1.82, 2.24) is 0 Å². The van der Waals surface area contributed by atoms with Gasteiger partial charge in [0, 0.05) is 25.7 Å². The van der Waals surface area contributed by atoms with E-state index in [1.54, 1.807) is 6.07 Å². The molecule has 1 unspecified atom stereocenters. The van der Waals surface area contributed by atoms with E-state index in [1.807, 2.05) is 6.92 Å². The van der Waals surface area contributed by atoms with E-state index in [1.165, 1.54) is 20.3 Å². The van der Waals surface area contributed by atoms with Gasteiger partial charge in [-0.05, 0) is 6.92 Å². The number of phenols is 1. The van der Waals surface area contributed by atoms with E-state index in [2.05, 4.69) is 5.16 Å². The number of aromatic hydroxyl groups is 1. The summed E-state index contributed by atoms with van der Waals surface area (Å²) in [7, 11) is 3.00. The lowest BCUT2D eigenvalue weighted by atomic mass is 9.99. The van der Waals surface area contributed by atoms with Crippen LogP contribution >= 0.6 is 0 Å². The van der Waals surface area contributed by atoms with Gasteiger partial charge in [-0.15, -0.1) is 0 Å². The van der Waals surface area contributed by atoms with Crippen LogP contribution in [0.15, 0.2) is 17.3 Å². The fourth-order valence-corrected chi connectivity index (χ4v) is 2.00. The minimum absolute atomic E-state index is 0.0431. The molecule has 0 bridgehead atoms. The van der Waals surface area contributed by atoms with Crippen molar-refractivity contribution >= 4 is 5.71 Å². The molecule has 0 fully saturated rings. The predicted molar refractivity (Wildman–Crippen MR) is 68.9 cm³/mol. The molecular weight excluding hydrogens is 250 g/mol. The molecule has 104 valence electrons. The molecule has 0 saturated heterocycles. The standard InChI is InChI=1S/C13H17NO5/c1-8-4-10(14-17-3)13-11(15)5-9(18-7-16-2)6-12(13)19-8/h5-6,8,15H,4,7H2,1-3H3/b14-10-. The Kier molecular flexibility index (Phi) is 4.11. The number of benzene rings is 1. The number of nitrogens with zero attached hydrogens (tertiary/aromatic N) is 1. The molecule has 1 N–H and O–H groups in total. The second-order valence-corrected chi connectivity index (χ2v) is 4.22. The monoisotopic (exact) mass is 267 g/mol. The van der Waals surface area contributed by atoms with E-state index in [4.69, 9.17) is 19.0 Å². The highest BCUT2D eigenvalue weighted by Gasteiger charge is 2.26. The summed E-state index contributed by atoms with van der Waals surface area (Å²) in [6.07, 6.45) is 0.533. The lowest BCUT2D eigenvalue weighted by Crippen LogP contribution is -2.25. The van der Waals surface area contributed by atoms with Crippen LogP contribution in [0.2, 0.25) is 0 Å². The van der Waals surface area contributed by atoms with Crippen LogP contribution in [0.5, 0.6) is 17.2 Å². The first-order valence-electron chi connectivity index (χ1n) is 5.91. The SMILES string of the molecule is COCOc1cc(O)c2c(c1)OC(C)C/C2=N/OC. The molecule has 6 nitrogen and oxygen atoms in total. The molecule has 1 aliphatic heterocycles. The molecule has 1 heterocycles. The molecule has 0 aromatic heterocycles. The average molecular weight is 267 g/mol. The largest absolute Gasteiger partial charge is 0.507 e. The van der Waals surface area contributed by atoms with Crippen LogP contribution in [0.1, 0.15) is 18.9 Å². The van der Waals surface area contributed by atoms with Crippen molar-refractivity contribution in [1.29, 1.82) is 0 Å². The summed E-state index contributed by atoms with van der Waals surface area (Å²) in [6.45, 7) is 2.03. The zero-order valence-corrected chi connectivity index (χ0v) is 11.2. The van der Waals surface area contributed by atoms with Gasteiger partial charge in [0.25, 0.3) is 0 Å². The third-order valence-corrected chi connectivity index (χ3v) is 2.70. The molecule has 19 heavy (non-hydrogen) atoms. The summed E-state index contributed by atoms with van der Waals surface area (Å²) in [4.78, 5) is 4.81. The maximum atomic E-state index is 10.1. The summed E-state index contributed by atoms with van der Waals surface area (Å²) >= 11 is 0. The fourth-order valence-electron chi connectivity index (χ4n) is 2.00. The molecule has 6 heteroatoms. The summed E-state index contributed by atoms with van der Waals surface area (Å²) < 4.78 is 15.8. The zero-order valence-electron chi connectivity index (χ0n) is 11.2. The zero-order chi connectivity index (χ0) is 13.8. The molecule has 1 atom stereocenters. The van der Waals surface area contributed by atoms with Gasteiger partial charge in [0.1, 0.15) is 30.5 Å². The minimum atomic E-state index is -0.0431. The van der Waals surface area contributed by atoms with Gasteiger partial charge in [-0.2, -0.15) is 0 Å². The fraction of sp³-hybridized carbons (Fsp3) is 0.462. The number of methoxy groups -OCH3 is 1. The lowest BCUT2D eigenvalue weighted by molar-refractivity contribution is 0.0506. The van der Waals surface area contributed by atoms with Crippen LogP contribution in [0.4, 0.5) is 0 Å². The highest BCUT2D eigenvalue weighted by atomic mass is 16.7. The Bertz CT molecular complexity index is 486. The third-order valence-electron chi connectivity index (χ3n) is 2.70. The van der Waals surface area contributed by atoms with Crippen molar-refractivity contribution in [2.45, 2.75) is 19.4 Å². The Morgan fingerprint density at radius 1 is 1.42 bits per heavy atom. The van der Waals surface area contributed by atoms with Gasteiger partial charge in [-0.3, -0.25) is 0 Å². The Balaban J connectivity index is 2.40. The number of fused-ring (bicyclic) bond motifs is 1. The number of oxime groups is 1. The highest BCUT2D eigenvalue weighted by Crippen LogP contribution is 2.38. The van der Waals surface area contributed by atoms with Gasteiger partial charge in [0.15, 0.2) is 6.79 Å². The Morgan fingerprint density at radius 2 is 2.21 bits per heavy atom. The van der Waals surface area contributed by atoms with Crippen LogP contribution < -0.4 is 9.47 Å². The van der Waals surface area contributed by atoms with Gasteiger partial charge >= 0.3 is 0 Å². The first-order chi connectivity index (χ1) is 9.15. The summed E-state index contributed by atoms with van der Waals surface area (Å²) in [5.41, 5.74) is 1.21. The Morgan fingerprint density at radius 3 is 2.89 bits per heavy atom. The quantitative estimate of drug-likeness (QED) is 0.666. The van der Waals surface area contributed by atoms with E-state index in [-0.39, 0.29) is 18.6 Å². The van der Waals surface area contributed by atoms with Crippen molar-refractivity contribution in [2.75, 3.05) is 21.0 Å². The smallest absolute Gasteiger partial charge is 0.188 e. The highest BCUT2D eigenvalue weighted by molar-refractivity contribution is 6.06. The number of phenolic OH excluding ortho intramolecular Hbond substituents is 1. The Labute approximate surface area is 111 Å². The first kappa shape index (κ1) is 13.5. The lowest BCUT2D eigenvalue weighted by Gasteiger charge is -2.25. The van der Waals surface area contributed by atoms with Crippen LogP contribution in [-0.2, 0) is 9.57 Å². The van der Waals surface area contributed by atoms with Crippen molar-refractivity contribution in [3.8, 4) is 17.2 Å². The van der Waals surface area contributed by atoms with E-state index < -0.39 is 0 Å². The molecule has 0 aliphatic carbocycles. The van der Waals surface area contributed by atoms with E-state index in [0.717, 1.165) is 0 Å². The van der Waals surface area contributed by atoms with Gasteiger partial charge in [0.2, 0.25) is 0 Å². The van der Waals surface area contributed by atoms with E-state index in [9.17, 15) is 5.11 Å². The normalized spacial score (nSPS) is 19.7. The summed E-state index contributed by atoms with van der Waals surface area (Å²) in [5, 5.41) is 14.0. The number of ether oxygens (including phenoxy) is 3. The number of hydrogen-bond donors (Lipinski definition) is 1. The third kappa shape index (κ3) is 2.90. The average Bonchev–Trinajstić information content (AvgIpc) is 2.35. The van der Waals surface area contributed by atoms with E-state index >= 15 is 0 Å². The molecular formula is C13H17NO5. The van der Waals surface area contributed by atoms with Crippen LogP contribution in [0.3, 0.4) is 0 Å². The van der Waals surface area contributed by atoms with Gasteiger partial charge in [-0.25, -0.2) is 0 Å². The molecule has 1 aliphatic rings. The topological polar surface area (TPSA) is 69.5 Å². The van der Waals surface area contributed by atoms with Crippen molar-refractivity contribution < 1.29 is 24.2 Å². The van der Waals surface area contributed by atoms with Gasteiger partial charge in [-0.1, -0.05) is 5.16 Å². The number of rotatable bonds is 4. The maximum absolute atomic E-state index is 10.1. The molecule has 1 aromatic rings. The molecule has 0 radical (unpaired) electrons. The molecule has 2 rings (SSSR count). The molecule has 1 aromatic carbocycles. The molecule has 0 amide bonds. The van der Waals surface area contributed by atoms with Gasteiger partial charge < -0.3 is 24.2 Å².